The van der Waals surface area contributed by atoms with Gasteiger partial charge in [0.25, 0.3) is 0 Å². The zero-order valence-corrected chi connectivity index (χ0v) is 24.1. The van der Waals surface area contributed by atoms with Gasteiger partial charge in [-0.1, -0.05) is 0 Å². The number of hydrogen-bond donors (Lipinski definition) is 3. The molecule has 14 heteroatoms. The SMILES string of the molecule is CCNC(=O)CNC(=O)Cn1nc(C2CCN(C(=O)CCC(N)=O)CC2)c2c(-c3cc4c(cnn4C)cc3F)ccnc21. The van der Waals surface area contributed by atoms with Gasteiger partial charge in [-0.25, -0.2) is 14.1 Å². The molecule has 4 aromatic rings. The standard InChI is InChI=1S/C29H34FN9O4/c1-3-32-24(41)15-34-25(42)16-39-29-27(28(36-39)17-7-10-38(11-8-17)26(43)5-4-23(31)40)19(6-9-33-29)20-13-22-18(12-21(20)30)14-35-37(22)2/h6,9,12-14,17H,3-5,7-8,10-11,15-16H2,1-2H3,(H2,31,40)(H,32,41)(H,34,42). The molecule has 1 aromatic carbocycles. The van der Waals surface area contributed by atoms with E-state index < -0.39 is 17.6 Å². The van der Waals surface area contributed by atoms with Crippen LogP contribution in [0.25, 0.3) is 33.1 Å². The molecule has 4 amide bonds. The summed E-state index contributed by atoms with van der Waals surface area (Å²) in [6.07, 6.45) is 4.37. The normalized spacial score (nSPS) is 13.9. The van der Waals surface area contributed by atoms with E-state index in [2.05, 4.69) is 20.7 Å². The van der Waals surface area contributed by atoms with Crippen LogP contribution in [0.4, 0.5) is 4.39 Å². The lowest BCUT2D eigenvalue weighted by molar-refractivity contribution is -0.134. The summed E-state index contributed by atoms with van der Waals surface area (Å²) >= 11 is 0. The first-order chi connectivity index (χ1) is 20.7. The fourth-order valence-corrected chi connectivity index (χ4v) is 5.55. The number of rotatable bonds is 10. The van der Waals surface area contributed by atoms with Crippen molar-refractivity contribution >= 4 is 45.6 Å². The van der Waals surface area contributed by atoms with Gasteiger partial charge < -0.3 is 21.3 Å². The van der Waals surface area contributed by atoms with Crippen LogP contribution in [0.5, 0.6) is 0 Å². The van der Waals surface area contributed by atoms with Gasteiger partial charge in [0.05, 0.1) is 29.3 Å². The minimum atomic E-state index is -0.521. The number of carbonyl (C=O) groups excluding carboxylic acids is 4. The van der Waals surface area contributed by atoms with E-state index >= 15 is 4.39 Å². The summed E-state index contributed by atoms with van der Waals surface area (Å²) in [7, 11) is 1.79. The number of aromatic nitrogens is 5. The third kappa shape index (κ3) is 6.32. The molecule has 43 heavy (non-hydrogen) atoms. The van der Waals surface area contributed by atoms with Crippen LogP contribution in [0.2, 0.25) is 0 Å². The second-order valence-corrected chi connectivity index (χ2v) is 10.6. The maximum atomic E-state index is 15.6. The number of aryl methyl sites for hydroxylation is 1. The molecule has 3 aromatic heterocycles. The summed E-state index contributed by atoms with van der Waals surface area (Å²) in [5.41, 5.74) is 7.95. The highest BCUT2D eigenvalue weighted by atomic mass is 19.1. The van der Waals surface area contributed by atoms with Gasteiger partial charge in [-0.05, 0) is 43.5 Å². The van der Waals surface area contributed by atoms with E-state index in [4.69, 9.17) is 10.8 Å². The van der Waals surface area contributed by atoms with Crippen molar-refractivity contribution in [3.05, 3.63) is 42.1 Å². The summed E-state index contributed by atoms with van der Waals surface area (Å²) in [4.78, 5) is 54.6. The van der Waals surface area contributed by atoms with Crippen LogP contribution in [0, 0.1) is 5.82 Å². The minimum absolute atomic E-state index is 0.00241. The molecule has 0 radical (unpaired) electrons. The van der Waals surface area contributed by atoms with Crippen LogP contribution >= 0.6 is 0 Å². The summed E-state index contributed by atoms with van der Waals surface area (Å²) in [5, 5.41) is 15.6. The highest BCUT2D eigenvalue weighted by Crippen LogP contribution is 2.39. The van der Waals surface area contributed by atoms with E-state index in [0.717, 1.165) is 5.52 Å². The fraction of sp³-hybridized carbons (Fsp3) is 0.414. The predicted octanol–water partition coefficient (Wildman–Crippen LogP) is 1.35. The molecule has 4 N–H and O–H groups in total. The molecule has 0 spiro atoms. The Morgan fingerprint density at radius 1 is 1.07 bits per heavy atom. The smallest absolute Gasteiger partial charge is 0.242 e. The van der Waals surface area contributed by atoms with Crippen molar-refractivity contribution in [1.29, 1.82) is 0 Å². The Hall–Kier alpha value is -4.88. The molecule has 226 valence electrons. The zero-order valence-electron chi connectivity index (χ0n) is 24.1. The number of likely N-dealkylation sites (tertiary alicyclic amines) is 1. The second-order valence-electron chi connectivity index (χ2n) is 10.6. The number of nitrogens with two attached hydrogens (primary N) is 1. The third-order valence-corrected chi connectivity index (χ3v) is 7.72. The van der Waals surface area contributed by atoms with Gasteiger partial charge in [-0.15, -0.1) is 0 Å². The highest BCUT2D eigenvalue weighted by molar-refractivity contribution is 5.98. The number of amides is 4. The van der Waals surface area contributed by atoms with Crippen LogP contribution in [-0.2, 0) is 32.8 Å². The molecular formula is C29H34FN9O4. The number of pyridine rings is 1. The van der Waals surface area contributed by atoms with E-state index in [1.807, 2.05) is 0 Å². The van der Waals surface area contributed by atoms with Crippen molar-refractivity contribution in [2.24, 2.45) is 12.8 Å². The van der Waals surface area contributed by atoms with Gasteiger partial charge in [-0.3, -0.25) is 23.9 Å². The second kappa shape index (κ2) is 12.5. The number of primary amides is 1. The molecule has 0 bridgehead atoms. The van der Waals surface area contributed by atoms with E-state index in [1.165, 1.54) is 10.7 Å². The van der Waals surface area contributed by atoms with E-state index in [9.17, 15) is 19.2 Å². The summed E-state index contributed by atoms with van der Waals surface area (Å²) in [5.74, 6) is -1.92. The monoisotopic (exact) mass is 591 g/mol. The van der Waals surface area contributed by atoms with Gasteiger partial charge in [0.2, 0.25) is 23.6 Å². The quantitative estimate of drug-likeness (QED) is 0.250. The molecule has 13 nitrogen and oxygen atoms in total. The molecule has 0 atom stereocenters. The van der Waals surface area contributed by atoms with Gasteiger partial charge in [0.15, 0.2) is 5.65 Å². The molecule has 4 heterocycles. The predicted molar refractivity (Wildman–Crippen MR) is 156 cm³/mol. The first-order valence-corrected chi connectivity index (χ1v) is 14.2. The molecule has 1 fully saturated rings. The summed E-state index contributed by atoms with van der Waals surface area (Å²) in [6, 6.07) is 4.92. The molecule has 1 saturated heterocycles. The molecule has 0 unspecified atom stereocenters. The Morgan fingerprint density at radius 2 is 1.84 bits per heavy atom. The van der Waals surface area contributed by atoms with Crippen LogP contribution in [0.15, 0.2) is 30.6 Å². The molecule has 5 rings (SSSR count). The van der Waals surface area contributed by atoms with Crippen LogP contribution in [-0.4, -0.2) is 79.3 Å². The maximum Gasteiger partial charge on any atom is 0.242 e. The third-order valence-electron chi connectivity index (χ3n) is 7.72. The minimum Gasteiger partial charge on any atom is -0.370 e. The largest absolute Gasteiger partial charge is 0.370 e. The fourth-order valence-electron chi connectivity index (χ4n) is 5.55. The van der Waals surface area contributed by atoms with Crippen molar-refractivity contribution in [3.63, 3.8) is 0 Å². The summed E-state index contributed by atoms with van der Waals surface area (Å²) in [6.45, 7) is 2.78. The molecule has 1 aliphatic rings. The number of fused-ring (bicyclic) bond motifs is 2. The number of nitrogens with one attached hydrogen (secondary N) is 2. The molecule has 1 aliphatic heterocycles. The lowest BCUT2D eigenvalue weighted by Gasteiger charge is -2.31. The van der Waals surface area contributed by atoms with Gasteiger partial charge in [0, 0.05) is 62.6 Å². The molecule has 0 aliphatic carbocycles. The van der Waals surface area contributed by atoms with E-state index in [-0.39, 0.29) is 43.7 Å². The Kier molecular flexibility index (Phi) is 8.64. The number of hydrogen-bond acceptors (Lipinski definition) is 7. The topological polar surface area (TPSA) is 170 Å². The Bertz CT molecular complexity index is 1710. The zero-order chi connectivity index (χ0) is 30.7. The van der Waals surface area contributed by atoms with Crippen molar-refractivity contribution < 1.29 is 23.6 Å². The van der Waals surface area contributed by atoms with Crippen molar-refractivity contribution in [3.8, 4) is 11.1 Å². The van der Waals surface area contributed by atoms with Crippen molar-refractivity contribution in [1.82, 2.24) is 40.1 Å². The highest BCUT2D eigenvalue weighted by Gasteiger charge is 2.30. The maximum absolute atomic E-state index is 15.6. The number of halogens is 1. The van der Waals surface area contributed by atoms with Crippen LogP contribution in [0.1, 0.15) is 44.2 Å². The average Bonchev–Trinajstić information content (AvgIpc) is 3.54. The van der Waals surface area contributed by atoms with Gasteiger partial charge in [0.1, 0.15) is 12.4 Å². The average molecular weight is 592 g/mol. The molecule has 0 saturated carbocycles. The van der Waals surface area contributed by atoms with E-state index in [1.54, 1.807) is 48.1 Å². The van der Waals surface area contributed by atoms with Crippen molar-refractivity contribution in [2.75, 3.05) is 26.2 Å². The number of likely N-dealkylation sites (N-methyl/N-ethyl adjacent to an activating group) is 1. The van der Waals surface area contributed by atoms with Gasteiger partial charge >= 0.3 is 0 Å². The Morgan fingerprint density at radius 3 is 2.56 bits per heavy atom. The lowest BCUT2D eigenvalue weighted by Crippen LogP contribution is -2.38. The van der Waals surface area contributed by atoms with Crippen LogP contribution in [0.3, 0.4) is 0 Å². The van der Waals surface area contributed by atoms with Crippen molar-refractivity contribution in [2.45, 2.75) is 45.1 Å². The number of carbonyl (C=O) groups is 4. The number of nitrogens with zero attached hydrogens (tertiary/aromatic N) is 6. The molecular weight excluding hydrogens is 557 g/mol. The van der Waals surface area contributed by atoms with Crippen LogP contribution < -0.4 is 16.4 Å². The first-order valence-electron chi connectivity index (χ1n) is 14.2. The number of benzene rings is 1. The Balaban J connectivity index is 1.51. The summed E-state index contributed by atoms with van der Waals surface area (Å²) < 4.78 is 18.7. The van der Waals surface area contributed by atoms with Gasteiger partial charge in [-0.2, -0.15) is 10.2 Å². The Labute approximate surface area is 246 Å². The lowest BCUT2D eigenvalue weighted by atomic mass is 9.89. The van der Waals surface area contributed by atoms with E-state index in [0.29, 0.717) is 65.7 Å². The number of piperidine rings is 1. The first kappa shape index (κ1) is 29.6.